The van der Waals surface area contributed by atoms with Crippen molar-refractivity contribution in [2.75, 3.05) is 0 Å². The summed E-state index contributed by atoms with van der Waals surface area (Å²) in [6, 6.07) is 2.16. The van der Waals surface area contributed by atoms with Gasteiger partial charge in [0.15, 0.2) is 11.4 Å². The Labute approximate surface area is 76.8 Å². The number of alkyl halides is 2. The van der Waals surface area contributed by atoms with Crippen molar-refractivity contribution in [2.24, 2.45) is 0 Å². The van der Waals surface area contributed by atoms with E-state index in [9.17, 15) is 18.0 Å². The van der Waals surface area contributed by atoms with Crippen LogP contribution in [0.2, 0.25) is 0 Å². The Morgan fingerprint density at radius 3 is 2.64 bits per heavy atom. The van der Waals surface area contributed by atoms with Crippen LogP contribution in [0.4, 0.5) is 13.2 Å². The Morgan fingerprint density at radius 1 is 1.57 bits per heavy atom. The number of nitriles is 1. The Hall–Kier alpha value is -1.77. The molecular weight excluding hydrogens is 197 g/mol. The third kappa shape index (κ3) is 1.93. The highest BCUT2D eigenvalue weighted by molar-refractivity contribution is 5.19. The van der Waals surface area contributed by atoms with Crippen LogP contribution in [0.25, 0.3) is 0 Å². The van der Waals surface area contributed by atoms with Gasteiger partial charge in [0.05, 0.1) is 23.7 Å². The van der Waals surface area contributed by atoms with Crippen molar-refractivity contribution in [1.82, 2.24) is 4.98 Å². The zero-order chi connectivity index (χ0) is 10.7. The lowest BCUT2D eigenvalue weighted by Crippen LogP contribution is -2.14. The molecule has 0 aliphatic rings. The molecule has 0 radical (unpaired) electrons. The fraction of sp³-hybridized carbons (Fsp3) is 0.250. The first-order valence-corrected chi connectivity index (χ1v) is 3.63. The first-order valence-electron chi connectivity index (χ1n) is 3.63. The summed E-state index contributed by atoms with van der Waals surface area (Å²) >= 11 is 0. The largest absolute Gasteiger partial charge is 0.330 e. The highest BCUT2D eigenvalue weighted by Gasteiger charge is 2.14. The number of hydrogen-bond acceptors (Lipinski definition) is 2. The highest BCUT2D eigenvalue weighted by atomic mass is 19.3. The van der Waals surface area contributed by atoms with E-state index in [0.29, 0.717) is 6.07 Å². The summed E-state index contributed by atoms with van der Waals surface area (Å²) in [6.07, 6.45) is -3.38. The van der Waals surface area contributed by atoms with Gasteiger partial charge in [-0.3, -0.25) is 4.79 Å². The van der Waals surface area contributed by atoms with E-state index in [1.165, 1.54) is 0 Å². The molecule has 0 aliphatic carbocycles. The van der Waals surface area contributed by atoms with Crippen molar-refractivity contribution in [1.29, 1.82) is 5.26 Å². The molecule has 6 heteroatoms. The van der Waals surface area contributed by atoms with Crippen molar-refractivity contribution >= 4 is 0 Å². The van der Waals surface area contributed by atoms with Gasteiger partial charge in [0.2, 0.25) is 0 Å². The molecule has 74 valence electrons. The molecule has 1 rings (SSSR count). The quantitative estimate of drug-likeness (QED) is 0.739. The van der Waals surface area contributed by atoms with Gasteiger partial charge >= 0.3 is 0 Å². The van der Waals surface area contributed by atoms with E-state index < -0.39 is 35.5 Å². The fourth-order valence-electron chi connectivity index (χ4n) is 0.936. The molecule has 0 bridgehead atoms. The normalized spacial score (nSPS) is 10.2. The molecule has 3 nitrogen and oxygen atoms in total. The molecule has 1 N–H and O–H groups in total. The van der Waals surface area contributed by atoms with Crippen LogP contribution in [0.3, 0.4) is 0 Å². The number of rotatable bonds is 2. The lowest BCUT2D eigenvalue weighted by Gasteiger charge is -2.02. The van der Waals surface area contributed by atoms with Crippen LogP contribution >= 0.6 is 0 Å². The van der Waals surface area contributed by atoms with Crippen LogP contribution < -0.4 is 5.43 Å². The van der Waals surface area contributed by atoms with Gasteiger partial charge in [-0.2, -0.15) is 9.65 Å². The minimum atomic E-state index is -2.94. The van der Waals surface area contributed by atoms with Gasteiger partial charge in [0, 0.05) is 6.07 Å². The zero-order valence-corrected chi connectivity index (χ0v) is 6.85. The molecule has 0 aromatic carbocycles. The summed E-state index contributed by atoms with van der Waals surface area (Å²) in [5.74, 6) is -1.17. The van der Waals surface area contributed by atoms with Crippen LogP contribution in [0.5, 0.6) is 0 Å². The summed E-state index contributed by atoms with van der Waals surface area (Å²) in [6.45, 7) is 0. The molecule has 1 aromatic rings. The molecule has 0 saturated heterocycles. The summed E-state index contributed by atoms with van der Waals surface area (Å²) in [7, 11) is 0. The van der Waals surface area contributed by atoms with Crippen LogP contribution in [0.1, 0.15) is 17.7 Å². The first kappa shape index (κ1) is 10.3. The van der Waals surface area contributed by atoms with E-state index in [-0.39, 0.29) is 0 Å². The Morgan fingerprint density at radius 2 is 2.21 bits per heavy atom. The second kappa shape index (κ2) is 3.96. The molecule has 0 unspecified atom stereocenters. The van der Waals surface area contributed by atoms with E-state index >= 15 is 0 Å². The van der Waals surface area contributed by atoms with Gasteiger partial charge < -0.3 is 4.98 Å². The molecule has 1 aromatic heterocycles. The van der Waals surface area contributed by atoms with Gasteiger partial charge in [-0.15, -0.1) is 0 Å². The number of aromatic nitrogens is 1. The monoisotopic (exact) mass is 202 g/mol. The lowest BCUT2D eigenvalue weighted by molar-refractivity contribution is 0.144. The Bertz CT molecular complexity index is 433. The molecule has 0 amide bonds. The molecule has 0 fully saturated rings. The third-order valence-electron chi connectivity index (χ3n) is 1.59. The molecule has 0 spiro atoms. The lowest BCUT2D eigenvalue weighted by atomic mass is 10.2. The van der Waals surface area contributed by atoms with Gasteiger partial charge in [-0.25, -0.2) is 8.78 Å². The average Bonchev–Trinajstić information content (AvgIpc) is 2.10. The van der Waals surface area contributed by atoms with Gasteiger partial charge in [0.25, 0.3) is 6.43 Å². The number of H-pyrrole nitrogens is 1. The maximum Gasteiger partial charge on any atom is 0.278 e. The molecule has 1 heterocycles. The number of aromatic amines is 1. The predicted octanol–water partition coefficient (Wildman–Crippen LogP) is 1.52. The van der Waals surface area contributed by atoms with Gasteiger partial charge in [0.1, 0.15) is 0 Å². The molecular formula is C8H5F3N2O. The molecule has 14 heavy (non-hydrogen) atoms. The van der Waals surface area contributed by atoms with Gasteiger partial charge in [-0.1, -0.05) is 0 Å². The van der Waals surface area contributed by atoms with Crippen molar-refractivity contribution in [3.63, 3.8) is 0 Å². The minimum absolute atomic E-state index is 0.420. The van der Waals surface area contributed by atoms with Crippen LogP contribution in [0, 0.1) is 17.3 Å². The van der Waals surface area contributed by atoms with E-state index in [1.807, 2.05) is 0 Å². The number of hydrogen-bond donors (Lipinski definition) is 1. The topological polar surface area (TPSA) is 56.6 Å². The van der Waals surface area contributed by atoms with Crippen molar-refractivity contribution in [3.8, 4) is 6.07 Å². The number of pyridine rings is 1. The maximum atomic E-state index is 12.9. The van der Waals surface area contributed by atoms with E-state index in [2.05, 4.69) is 0 Å². The third-order valence-corrected chi connectivity index (χ3v) is 1.59. The maximum absolute atomic E-state index is 12.9. The summed E-state index contributed by atoms with van der Waals surface area (Å²) in [5, 5.41) is 8.23. The molecule has 0 aliphatic heterocycles. The molecule has 0 atom stereocenters. The average molecular weight is 202 g/mol. The second-order valence-corrected chi connectivity index (χ2v) is 2.52. The Balaban J connectivity index is 3.27. The van der Waals surface area contributed by atoms with Crippen molar-refractivity contribution in [3.05, 3.63) is 33.5 Å². The fourth-order valence-corrected chi connectivity index (χ4v) is 0.936. The first-order chi connectivity index (χ1) is 6.56. The summed E-state index contributed by atoms with van der Waals surface area (Å²) in [5.41, 5.74) is -2.09. The van der Waals surface area contributed by atoms with E-state index in [0.717, 1.165) is 0 Å². The Kier molecular flexibility index (Phi) is 2.92. The minimum Gasteiger partial charge on any atom is -0.330 e. The van der Waals surface area contributed by atoms with Crippen LogP contribution in [0.15, 0.2) is 10.9 Å². The summed E-state index contributed by atoms with van der Waals surface area (Å²) in [4.78, 5) is 12.7. The number of halogens is 3. The zero-order valence-electron chi connectivity index (χ0n) is 6.85. The highest BCUT2D eigenvalue weighted by Crippen LogP contribution is 2.15. The number of nitrogens with zero attached hydrogens (tertiary/aromatic N) is 1. The van der Waals surface area contributed by atoms with Crippen molar-refractivity contribution in [2.45, 2.75) is 12.8 Å². The van der Waals surface area contributed by atoms with E-state index in [1.54, 1.807) is 11.1 Å². The van der Waals surface area contributed by atoms with Crippen LogP contribution in [-0.4, -0.2) is 4.98 Å². The molecule has 0 saturated carbocycles. The van der Waals surface area contributed by atoms with E-state index in [4.69, 9.17) is 5.26 Å². The SMILES string of the molecule is N#CCc1c(F)[nH]c(C(F)F)cc1=O. The standard InChI is InChI=1S/C8H5F3N2O/c9-7(10)5-3-6(14)4(1-2-12)8(11)13-5/h3,7H,1H2,(H,13,14). The summed E-state index contributed by atoms with van der Waals surface area (Å²) < 4.78 is 37.0. The smallest absolute Gasteiger partial charge is 0.278 e. The predicted molar refractivity (Wildman–Crippen MR) is 41.3 cm³/mol. The van der Waals surface area contributed by atoms with Crippen molar-refractivity contribution < 1.29 is 13.2 Å². The number of nitrogens with one attached hydrogen (secondary N) is 1. The van der Waals surface area contributed by atoms with Crippen LogP contribution in [-0.2, 0) is 6.42 Å². The second-order valence-electron chi connectivity index (χ2n) is 2.52. The van der Waals surface area contributed by atoms with Gasteiger partial charge in [-0.05, 0) is 0 Å².